The highest BCUT2D eigenvalue weighted by atomic mass is 32.2. The van der Waals surface area contributed by atoms with Crippen LogP contribution in [0.15, 0.2) is 0 Å². The van der Waals surface area contributed by atoms with Crippen LogP contribution in [0.4, 0.5) is 0 Å². The minimum Gasteiger partial charge on any atom is -0.383 e. The van der Waals surface area contributed by atoms with Crippen LogP contribution in [0.25, 0.3) is 0 Å². The highest BCUT2D eigenvalue weighted by Crippen LogP contribution is 2.04. The van der Waals surface area contributed by atoms with Crippen LogP contribution in [0, 0.1) is 5.92 Å². The fraction of sp³-hybridized carbons (Fsp3) is 0.917. The van der Waals surface area contributed by atoms with Gasteiger partial charge in [0.05, 0.1) is 18.4 Å². The molecule has 2 N–H and O–H groups in total. The van der Waals surface area contributed by atoms with Crippen LogP contribution in [-0.4, -0.2) is 64.1 Å². The molecule has 7 heteroatoms. The predicted octanol–water partition coefficient (Wildman–Crippen LogP) is -0.121. The Kier molecular flexibility index (Phi) is 8.20. The minimum atomic E-state index is -3.09. The van der Waals surface area contributed by atoms with Crippen molar-refractivity contribution in [2.45, 2.75) is 26.3 Å². The molecule has 0 spiro atoms. The van der Waals surface area contributed by atoms with Crippen LogP contribution < -0.4 is 5.73 Å². The number of carbonyl (C=O) groups excluding carboxylic acids is 1. The van der Waals surface area contributed by atoms with Gasteiger partial charge in [0, 0.05) is 26.5 Å². The zero-order valence-corrected chi connectivity index (χ0v) is 13.1. The summed E-state index contributed by atoms with van der Waals surface area (Å²) in [7, 11) is -1.52. The van der Waals surface area contributed by atoms with Gasteiger partial charge in [-0.2, -0.15) is 0 Å². The lowest BCUT2D eigenvalue weighted by Crippen LogP contribution is -2.47. The average molecular weight is 294 g/mol. The Morgan fingerprint density at radius 3 is 2.37 bits per heavy atom. The van der Waals surface area contributed by atoms with Crippen LogP contribution in [0.2, 0.25) is 0 Å². The van der Waals surface area contributed by atoms with E-state index in [1.807, 2.05) is 13.8 Å². The third-order valence-corrected chi connectivity index (χ3v) is 3.56. The highest BCUT2D eigenvalue weighted by molar-refractivity contribution is 7.90. The lowest BCUT2D eigenvalue weighted by Gasteiger charge is -2.27. The lowest BCUT2D eigenvalue weighted by atomic mass is 10.1. The van der Waals surface area contributed by atoms with E-state index in [2.05, 4.69) is 0 Å². The quantitative estimate of drug-likeness (QED) is 0.640. The first-order valence-electron chi connectivity index (χ1n) is 6.38. The van der Waals surface area contributed by atoms with Crippen molar-refractivity contribution < 1.29 is 17.9 Å². The molecule has 1 amide bonds. The Balaban J connectivity index is 4.50. The van der Waals surface area contributed by atoms with Crippen LogP contribution in [-0.2, 0) is 19.4 Å². The van der Waals surface area contributed by atoms with Gasteiger partial charge in [0.15, 0.2) is 0 Å². The first kappa shape index (κ1) is 18.3. The topological polar surface area (TPSA) is 89.7 Å². The molecule has 0 aromatic heterocycles. The standard InChI is InChI=1S/C12H26N2O4S/c1-10(2)9-14(6-7-18-3)12(15)11(13)5-8-19(4,16)17/h10-11H,5-9,13H2,1-4H3. The molecule has 0 aliphatic carbocycles. The SMILES string of the molecule is COCCN(CC(C)C)C(=O)C(N)CCS(C)(=O)=O. The molecule has 0 saturated heterocycles. The third-order valence-electron chi connectivity index (χ3n) is 2.58. The Morgan fingerprint density at radius 1 is 1.37 bits per heavy atom. The lowest BCUT2D eigenvalue weighted by molar-refractivity contribution is -0.133. The number of ether oxygens (including phenoxy) is 1. The third kappa shape index (κ3) is 8.96. The molecule has 0 heterocycles. The molecule has 0 aliphatic heterocycles. The number of amides is 1. The van der Waals surface area contributed by atoms with Gasteiger partial charge in [0.1, 0.15) is 9.84 Å². The molecule has 0 rings (SSSR count). The molecular formula is C12H26N2O4S. The average Bonchev–Trinajstić information content (AvgIpc) is 2.29. The normalized spacial score (nSPS) is 13.6. The molecule has 6 nitrogen and oxygen atoms in total. The van der Waals surface area contributed by atoms with E-state index in [-0.39, 0.29) is 18.1 Å². The van der Waals surface area contributed by atoms with Crippen LogP contribution in [0.1, 0.15) is 20.3 Å². The van der Waals surface area contributed by atoms with Crippen LogP contribution in [0.5, 0.6) is 0 Å². The van der Waals surface area contributed by atoms with Crippen molar-refractivity contribution in [3.05, 3.63) is 0 Å². The summed E-state index contributed by atoms with van der Waals surface area (Å²) in [5.74, 6) is 0.0389. The summed E-state index contributed by atoms with van der Waals surface area (Å²) in [4.78, 5) is 13.8. The summed E-state index contributed by atoms with van der Waals surface area (Å²) in [6.45, 7) is 5.52. The zero-order chi connectivity index (χ0) is 15.1. The van der Waals surface area contributed by atoms with Crippen molar-refractivity contribution in [1.29, 1.82) is 0 Å². The van der Waals surface area contributed by atoms with Crippen molar-refractivity contribution >= 4 is 15.7 Å². The Labute approximate surface area is 116 Å². The summed E-state index contributed by atoms with van der Waals surface area (Å²) in [5, 5.41) is 0. The Bertz CT molecular complexity index is 368. The van der Waals surface area contributed by atoms with E-state index in [1.54, 1.807) is 12.0 Å². The van der Waals surface area contributed by atoms with Crippen molar-refractivity contribution in [1.82, 2.24) is 4.90 Å². The number of hydrogen-bond acceptors (Lipinski definition) is 5. The van der Waals surface area contributed by atoms with Gasteiger partial charge >= 0.3 is 0 Å². The largest absolute Gasteiger partial charge is 0.383 e. The smallest absolute Gasteiger partial charge is 0.239 e. The van der Waals surface area contributed by atoms with E-state index >= 15 is 0 Å². The van der Waals surface area contributed by atoms with Gasteiger partial charge in [-0.25, -0.2) is 8.42 Å². The van der Waals surface area contributed by atoms with Gasteiger partial charge in [-0.05, 0) is 12.3 Å². The second kappa shape index (κ2) is 8.50. The molecule has 114 valence electrons. The van der Waals surface area contributed by atoms with Gasteiger partial charge in [0.25, 0.3) is 0 Å². The molecule has 0 fully saturated rings. The van der Waals surface area contributed by atoms with Crippen LogP contribution >= 0.6 is 0 Å². The molecule has 0 aliphatic rings. The number of methoxy groups -OCH3 is 1. The molecule has 19 heavy (non-hydrogen) atoms. The van der Waals surface area contributed by atoms with E-state index in [4.69, 9.17) is 10.5 Å². The zero-order valence-electron chi connectivity index (χ0n) is 12.3. The summed E-state index contributed by atoms with van der Waals surface area (Å²) in [5.41, 5.74) is 5.78. The first-order chi connectivity index (χ1) is 8.67. The van der Waals surface area contributed by atoms with Crippen molar-refractivity contribution in [3.63, 3.8) is 0 Å². The number of carbonyl (C=O) groups is 1. The summed E-state index contributed by atoms with van der Waals surface area (Å²) in [6, 6.07) is -0.773. The molecular weight excluding hydrogens is 268 g/mol. The van der Waals surface area contributed by atoms with E-state index in [0.717, 1.165) is 6.26 Å². The minimum absolute atomic E-state index is 0.0697. The maximum atomic E-state index is 12.2. The van der Waals surface area contributed by atoms with E-state index < -0.39 is 15.9 Å². The summed E-state index contributed by atoms with van der Waals surface area (Å²) < 4.78 is 27.1. The molecule has 0 radical (unpaired) electrons. The molecule has 0 aromatic rings. The number of rotatable bonds is 9. The molecule has 0 saturated carbocycles. The predicted molar refractivity (Wildman–Crippen MR) is 75.6 cm³/mol. The Hall–Kier alpha value is -0.660. The second-order valence-corrected chi connectivity index (χ2v) is 7.46. The molecule has 0 bridgehead atoms. The van der Waals surface area contributed by atoms with Gasteiger partial charge in [-0.3, -0.25) is 4.79 Å². The monoisotopic (exact) mass is 294 g/mol. The van der Waals surface area contributed by atoms with E-state index in [0.29, 0.717) is 25.6 Å². The van der Waals surface area contributed by atoms with Gasteiger partial charge in [-0.1, -0.05) is 13.8 Å². The number of sulfone groups is 1. The number of hydrogen-bond donors (Lipinski definition) is 1. The Morgan fingerprint density at radius 2 is 1.95 bits per heavy atom. The van der Waals surface area contributed by atoms with Gasteiger partial charge < -0.3 is 15.4 Å². The number of nitrogens with two attached hydrogens (primary N) is 1. The van der Waals surface area contributed by atoms with Gasteiger partial charge in [0.2, 0.25) is 5.91 Å². The first-order valence-corrected chi connectivity index (χ1v) is 8.44. The molecule has 1 atom stereocenters. The van der Waals surface area contributed by atoms with E-state index in [9.17, 15) is 13.2 Å². The van der Waals surface area contributed by atoms with Crippen molar-refractivity contribution in [2.75, 3.05) is 38.8 Å². The highest BCUT2D eigenvalue weighted by Gasteiger charge is 2.22. The fourth-order valence-corrected chi connectivity index (χ4v) is 2.31. The molecule has 1 unspecified atom stereocenters. The fourth-order valence-electron chi connectivity index (χ4n) is 1.63. The maximum Gasteiger partial charge on any atom is 0.239 e. The second-order valence-electron chi connectivity index (χ2n) is 5.20. The van der Waals surface area contributed by atoms with Crippen molar-refractivity contribution in [3.8, 4) is 0 Å². The molecule has 0 aromatic carbocycles. The summed E-state index contributed by atoms with van der Waals surface area (Å²) >= 11 is 0. The van der Waals surface area contributed by atoms with Gasteiger partial charge in [-0.15, -0.1) is 0 Å². The summed E-state index contributed by atoms with van der Waals surface area (Å²) in [6.07, 6.45) is 1.29. The van der Waals surface area contributed by atoms with Crippen LogP contribution in [0.3, 0.4) is 0 Å². The van der Waals surface area contributed by atoms with E-state index in [1.165, 1.54) is 0 Å². The number of nitrogens with zero attached hydrogens (tertiary/aromatic N) is 1. The maximum absolute atomic E-state index is 12.2. The van der Waals surface area contributed by atoms with Crippen molar-refractivity contribution in [2.24, 2.45) is 11.7 Å².